The van der Waals surface area contributed by atoms with Crippen LogP contribution in [0, 0.1) is 0 Å². The Bertz CT molecular complexity index is 1290. The fourth-order valence-electron chi connectivity index (χ4n) is 4.98. The minimum Gasteiger partial charge on any atom is -0.481 e. The fraction of sp³-hybridized carbons (Fsp3) is 0.429. The van der Waals surface area contributed by atoms with Gasteiger partial charge in [0.1, 0.15) is 11.5 Å². The molecule has 12 heteroatoms. The van der Waals surface area contributed by atoms with Gasteiger partial charge in [-0.25, -0.2) is 0 Å². The molecule has 2 aliphatic rings. The molecule has 1 atom stereocenters. The second-order valence-electron chi connectivity index (χ2n) is 9.58. The van der Waals surface area contributed by atoms with E-state index in [-0.39, 0.29) is 44.3 Å². The van der Waals surface area contributed by atoms with Gasteiger partial charge in [-0.1, -0.05) is 6.07 Å². The van der Waals surface area contributed by atoms with Crippen LogP contribution in [-0.2, 0) is 25.2 Å². The summed E-state index contributed by atoms with van der Waals surface area (Å²) in [6.07, 6.45) is -3.77. The minimum absolute atomic E-state index is 0.0124. The molecule has 9 nitrogen and oxygen atoms in total. The van der Waals surface area contributed by atoms with Gasteiger partial charge in [0.15, 0.2) is 11.7 Å². The average Bonchev–Trinajstić information content (AvgIpc) is 2.89. The van der Waals surface area contributed by atoms with Crippen molar-refractivity contribution in [2.24, 2.45) is 0 Å². The van der Waals surface area contributed by atoms with Crippen LogP contribution < -0.4 is 19.7 Å². The van der Waals surface area contributed by atoms with E-state index in [1.165, 1.54) is 31.3 Å². The van der Waals surface area contributed by atoms with Crippen LogP contribution >= 0.6 is 0 Å². The molecule has 0 bridgehead atoms. The molecule has 4 rings (SSSR count). The maximum atomic E-state index is 13.4. The number of anilines is 2. The Morgan fingerprint density at radius 3 is 2.52 bits per heavy atom. The van der Waals surface area contributed by atoms with Gasteiger partial charge >= 0.3 is 6.18 Å². The van der Waals surface area contributed by atoms with Crippen molar-refractivity contribution in [3.8, 4) is 11.5 Å². The van der Waals surface area contributed by atoms with E-state index < -0.39 is 29.4 Å². The lowest BCUT2D eigenvalue weighted by Crippen LogP contribution is -2.47. The van der Waals surface area contributed by atoms with E-state index in [9.17, 15) is 27.9 Å². The second kappa shape index (κ2) is 11.9. The van der Waals surface area contributed by atoms with Crippen LogP contribution in [0.2, 0.25) is 0 Å². The van der Waals surface area contributed by atoms with Crippen LogP contribution in [0.5, 0.6) is 11.5 Å². The maximum absolute atomic E-state index is 13.4. The Morgan fingerprint density at radius 1 is 1.18 bits per heavy atom. The van der Waals surface area contributed by atoms with Gasteiger partial charge in [-0.3, -0.25) is 9.59 Å². The number of benzene rings is 2. The number of hydrogen-bond donors (Lipinski definition) is 2. The van der Waals surface area contributed by atoms with Crippen LogP contribution in [0.3, 0.4) is 0 Å². The summed E-state index contributed by atoms with van der Waals surface area (Å²) in [6.45, 7) is 1.98. The van der Waals surface area contributed by atoms with E-state index in [0.29, 0.717) is 34.8 Å². The number of carbonyl (C=O) groups excluding carboxylic acids is 2. The van der Waals surface area contributed by atoms with Crippen molar-refractivity contribution in [1.29, 1.82) is 0 Å². The average molecular weight is 565 g/mol. The fourth-order valence-corrected chi connectivity index (χ4v) is 4.98. The second-order valence-corrected chi connectivity index (χ2v) is 9.58. The number of ether oxygens (including phenoxy) is 4. The Kier molecular flexibility index (Phi) is 8.71. The van der Waals surface area contributed by atoms with Crippen LogP contribution in [0.15, 0.2) is 42.5 Å². The number of hydrogen-bond acceptors (Lipinski definition) is 7. The third kappa shape index (κ3) is 6.08. The quantitative estimate of drug-likeness (QED) is 0.443. The van der Waals surface area contributed by atoms with E-state index in [2.05, 4.69) is 5.32 Å². The van der Waals surface area contributed by atoms with Gasteiger partial charge in [-0.05, 0) is 42.8 Å². The highest BCUT2D eigenvalue weighted by Gasteiger charge is 2.41. The maximum Gasteiger partial charge on any atom is 0.416 e. The van der Waals surface area contributed by atoms with Gasteiger partial charge in [0.2, 0.25) is 5.91 Å². The summed E-state index contributed by atoms with van der Waals surface area (Å²) in [7, 11) is 2.88. The molecule has 0 saturated carbocycles. The minimum atomic E-state index is -4.58. The van der Waals surface area contributed by atoms with Crippen molar-refractivity contribution in [3.63, 3.8) is 0 Å². The summed E-state index contributed by atoms with van der Waals surface area (Å²) in [4.78, 5) is 27.4. The van der Waals surface area contributed by atoms with Crippen molar-refractivity contribution in [2.45, 2.75) is 37.6 Å². The Hall–Kier alpha value is -3.61. The van der Waals surface area contributed by atoms with Gasteiger partial charge in [0.25, 0.3) is 5.91 Å². The van der Waals surface area contributed by atoms with Crippen molar-refractivity contribution in [2.75, 3.05) is 50.8 Å². The SMILES string of the molecule is CCN1C(=O)C(CCO)Oc2ccc(NC(=O)/C=C3\CC(COC)(COC)Oc4cc(C(F)(F)F)ccc43)cc21. The molecule has 0 saturated heterocycles. The van der Waals surface area contributed by atoms with Crippen LogP contribution in [0.4, 0.5) is 24.5 Å². The molecule has 216 valence electrons. The summed E-state index contributed by atoms with van der Waals surface area (Å²) in [5, 5.41) is 12.0. The summed E-state index contributed by atoms with van der Waals surface area (Å²) < 4.78 is 62.6. The van der Waals surface area contributed by atoms with E-state index in [1.54, 1.807) is 25.1 Å². The molecule has 2 aliphatic heterocycles. The number of nitrogens with zero attached hydrogens (tertiary/aromatic N) is 1. The molecule has 0 aromatic heterocycles. The van der Waals surface area contributed by atoms with Crippen molar-refractivity contribution >= 4 is 28.8 Å². The van der Waals surface area contributed by atoms with Crippen molar-refractivity contribution in [1.82, 2.24) is 0 Å². The first kappa shape index (κ1) is 29.4. The Balaban J connectivity index is 1.65. The van der Waals surface area contributed by atoms with Crippen molar-refractivity contribution < 1.29 is 46.8 Å². The highest BCUT2D eigenvalue weighted by Crippen LogP contribution is 2.44. The number of aliphatic hydroxyl groups excluding tert-OH is 1. The zero-order valence-electron chi connectivity index (χ0n) is 22.3. The number of carbonyl (C=O) groups is 2. The van der Waals surface area contributed by atoms with Crippen LogP contribution in [0.1, 0.15) is 30.9 Å². The van der Waals surface area contributed by atoms with Gasteiger partial charge in [0.05, 0.1) is 24.5 Å². The predicted molar refractivity (Wildman–Crippen MR) is 140 cm³/mol. The Morgan fingerprint density at radius 2 is 1.90 bits per heavy atom. The van der Waals surface area contributed by atoms with Gasteiger partial charge in [-0.15, -0.1) is 0 Å². The van der Waals surface area contributed by atoms with Gasteiger partial charge in [0, 0.05) is 57.5 Å². The molecular formula is C28H31F3N2O7. The van der Waals surface area contributed by atoms with E-state index >= 15 is 0 Å². The molecule has 2 aromatic rings. The van der Waals surface area contributed by atoms with Gasteiger partial charge < -0.3 is 34.3 Å². The molecule has 2 heterocycles. The molecule has 0 fully saturated rings. The molecule has 0 radical (unpaired) electrons. The Labute approximate surface area is 229 Å². The highest BCUT2D eigenvalue weighted by atomic mass is 19.4. The number of halogens is 3. The number of nitrogens with one attached hydrogen (secondary N) is 1. The summed E-state index contributed by atoms with van der Waals surface area (Å²) in [5.41, 5.74) is -0.377. The topological polar surface area (TPSA) is 107 Å². The van der Waals surface area contributed by atoms with Crippen molar-refractivity contribution in [3.05, 3.63) is 53.6 Å². The molecule has 2 aromatic carbocycles. The summed E-state index contributed by atoms with van der Waals surface area (Å²) in [5.74, 6) is -0.413. The standard InChI is InChI=1S/C28H31F3N2O7/c1-4-33-21-13-19(6-8-22(21)39-23(9-10-34)26(33)36)32-25(35)11-17-14-27(15-37-2,16-38-3)40-24-12-18(28(29,30)31)5-7-20(17)24/h5-8,11-13,23,34H,4,9-10,14-16H2,1-3H3,(H,32,35)/b17-11+. The number of aliphatic hydroxyl groups is 1. The lowest BCUT2D eigenvalue weighted by Gasteiger charge is -2.39. The van der Waals surface area contributed by atoms with Gasteiger partial charge in [-0.2, -0.15) is 13.2 Å². The molecule has 40 heavy (non-hydrogen) atoms. The summed E-state index contributed by atoms with van der Waals surface area (Å²) >= 11 is 0. The lowest BCUT2D eigenvalue weighted by molar-refractivity contribution is -0.138. The summed E-state index contributed by atoms with van der Waals surface area (Å²) in [6, 6.07) is 7.98. The number of fused-ring (bicyclic) bond motifs is 2. The van der Waals surface area contributed by atoms with E-state index in [4.69, 9.17) is 18.9 Å². The molecule has 2 amide bonds. The van der Waals surface area contributed by atoms with Crippen LogP contribution in [0.25, 0.3) is 5.57 Å². The number of rotatable bonds is 9. The zero-order chi connectivity index (χ0) is 29.1. The normalized spacial score (nSPS) is 19.0. The largest absolute Gasteiger partial charge is 0.481 e. The monoisotopic (exact) mass is 564 g/mol. The molecular weight excluding hydrogens is 533 g/mol. The lowest BCUT2D eigenvalue weighted by atomic mass is 9.86. The third-order valence-electron chi connectivity index (χ3n) is 6.65. The number of amides is 2. The highest BCUT2D eigenvalue weighted by molar-refractivity contribution is 6.06. The zero-order valence-corrected chi connectivity index (χ0v) is 22.3. The number of methoxy groups -OCH3 is 2. The smallest absolute Gasteiger partial charge is 0.416 e. The molecule has 0 spiro atoms. The molecule has 0 aliphatic carbocycles. The molecule has 2 N–H and O–H groups in total. The van der Waals surface area contributed by atoms with E-state index in [1.807, 2.05) is 0 Å². The number of alkyl halides is 3. The van der Waals surface area contributed by atoms with E-state index in [0.717, 1.165) is 12.1 Å². The number of likely N-dealkylation sites (N-methyl/N-ethyl adjacent to an activating group) is 1. The first-order valence-electron chi connectivity index (χ1n) is 12.7. The first-order chi connectivity index (χ1) is 19.0. The predicted octanol–water partition coefficient (Wildman–Crippen LogP) is 4.04. The van der Waals surface area contributed by atoms with Crippen LogP contribution in [-0.4, -0.2) is 69.2 Å². The third-order valence-corrected chi connectivity index (χ3v) is 6.65. The first-order valence-corrected chi connectivity index (χ1v) is 12.7. The molecule has 1 unspecified atom stereocenters.